The Hall–Kier alpha value is -1.07. The summed E-state index contributed by atoms with van der Waals surface area (Å²) in [5.41, 5.74) is 1.44. The van der Waals surface area contributed by atoms with Gasteiger partial charge in [0.15, 0.2) is 5.58 Å². The molecule has 0 saturated carbocycles. The monoisotopic (exact) mass is 269 g/mol. The van der Waals surface area contributed by atoms with Gasteiger partial charge in [-0.15, -0.1) is 0 Å². The average Bonchev–Trinajstić information content (AvgIpc) is 2.42. The van der Waals surface area contributed by atoms with Gasteiger partial charge in [0.05, 0.1) is 24.8 Å². The van der Waals surface area contributed by atoms with Crippen molar-refractivity contribution in [3.63, 3.8) is 0 Å². The van der Waals surface area contributed by atoms with Gasteiger partial charge in [-0.1, -0.05) is 15.9 Å². The molecule has 0 atom stereocenters. The predicted octanol–water partition coefficient (Wildman–Crippen LogP) is 1.93. The normalized spacial score (nSPS) is 16.9. The Bertz CT molecular complexity index is 568. The number of aromatic nitrogens is 1. The summed E-state index contributed by atoms with van der Waals surface area (Å²) < 4.78 is 12.8. The van der Waals surface area contributed by atoms with Crippen LogP contribution in [0.15, 0.2) is 31.9 Å². The quantitative estimate of drug-likeness (QED) is 0.795. The van der Waals surface area contributed by atoms with Gasteiger partial charge in [-0.25, -0.2) is 4.79 Å². The van der Waals surface area contributed by atoms with Crippen LogP contribution in [0, 0.1) is 0 Å². The van der Waals surface area contributed by atoms with Crippen molar-refractivity contribution in [3.8, 4) is 0 Å². The number of halogens is 1. The highest BCUT2D eigenvalue weighted by Crippen LogP contribution is 2.24. The molecule has 0 aliphatic carbocycles. The molecule has 0 spiro atoms. The van der Waals surface area contributed by atoms with Crippen molar-refractivity contribution in [2.75, 3.05) is 13.2 Å². The van der Waals surface area contributed by atoms with Crippen molar-refractivity contribution < 1.29 is 9.15 Å². The molecule has 15 heavy (non-hydrogen) atoms. The van der Waals surface area contributed by atoms with Crippen LogP contribution < -0.4 is 5.76 Å². The zero-order valence-electron chi connectivity index (χ0n) is 7.77. The van der Waals surface area contributed by atoms with Crippen molar-refractivity contribution in [1.29, 1.82) is 0 Å². The zero-order valence-corrected chi connectivity index (χ0v) is 9.36. The Labute approximate surface area is 93.6 Å². The summed E-state index contributed by atoms with van der Waals surface area (Å²) in [6.07, 6.45) is 0. The van der Waals surface area contributed by atoms with Gasteiger partial charge < -0.3 is 9.15 Å². The summed E-state index contributed by atoms with van der Waals surface area (Å²) in [6, 6.07) is 5.65. The molecule has 2 aromatic rings. The number of rotatable bonds is 1. The molecule has 0 N–H and O–H groups in total. The van der Waals surface area contributed by atoms with Crippen molar-refractivity contribution in [2.45, 2.75) is 6.04 Å². The number of hydrogen-bond donors (Lipinski definition) is 0. The largest absolute Gasteiger partial charge is 0.420 e. The van der Waals surface area contributed by atoms with Crippen molar-refractivity contribution in [3.05, 3.63) is 33.2 Å². The van der Waals surface area contributed by atoms with Crippen molar-refractivity contribution in [1.82, 2.24) is 4.57 Å². The molecule has 1 aromatic heterocycles. The van der Waals surface area contributed by atoms with Gasteiger partial charge >= 0.3 is 5.76 Å². The first-order valence-electron chi connectivity index (χ1n) is 4.64. The molecule has 1 fully saturated rings. The molecule has 3 rings (SSSR count). The van der Waals surface area contributed by atoms with E-state index in [9.17, 15) is 4.79 Å². The van der Waals surface area contributed by atoms with Gasteiger partial charge in [0, 0.05) is 4.47 Å². The maximum absolute atomic E-state index is 11.6. The number of ether oxygens (including phenoxy) is 1. The summed E-state index contributed by atoms with van der Waals surface area (Å²) in [5.74, 6) is -0.309. The van der Waals surface area contributed by atoms with Crippen LogP contribution in [-0.2, 0) is 4.74 Å². The standard InChI is InChI=1S/C10H8BrNO3/c11-6-1-2-9-8(3-6)12(10(13)15-9)7-4-14-5-7/h1-3,7H,4-5H2. The summed E-state index contributed by atoms with van der Waals surface area (Å²) >= 11 is 3.38. The summed E-state index contributed by atoms with van der Waals surface area (Å²) in [6.45, 7) is 1.17. The van der Waals surface area contributed by atoms with Gasteiger partial charge in [-0.05, 0) is 18.2 Å². The van der Waals surface area contributed by atoms with E-state index in [0.717, 1.165) is 9.99 Å². The SMILES string of the molecule is O=c1oc2ccc(Br)cc2n1C1COC1. The van der Waals surface area contributed by atoms with Gasteiger partial charge in [-0.2, -0.15) is 0 Å². The third kappa shape index (κ3) is 1.34. The van der Waals surface area contributed by atoms with E-state index in [1.165, 1.54) is 0 Å². The van der Waals surface area contributed by atoms with Crippen molar-refractivity contribution >= 4 is 27.0 Å². The highest BCUT2D eigenvalue weighted by Gasteiger charge is 2.25. The maximum Gasteiger partial charge on any atom is 0.420 e. The summed E-state index contributed by atoms with van der Waals surface area (Å²) in [4.78, 5) is 11.6. The average molecular weight is 270 g/mol. The van der Waals surface area contributed by atoms with Crippen LogP contribution in [-0.4, -0.2) is 17.8 Å². The lowest BCUT2D eigenvalue weighted by Crippen LogP contribution is -2.35. The number of nitrogens with zero attached hydrogens (tertiary/aromatic N) is 1. The van der Waals surface area contributed by atoms with Gasteiger partial charge in [0.2, 0.25) is 0 Å². The van der Waals surface area contributed by atoms with E-state index in [1.54, 1.807) is 10.6 Å². The fourth-order valence-electron chi connectivity index (χ4n) is 1.72. The Morgan fingerprint density at radius 2 is 2.20 bits per heavy atom. The highest BCUT2D eigenvalue weighted by molar-refractivity contribution is 9.10. The maximum atomic E-state index is 11.6. The number of hydrogen-bond acceptors (Lipinski definition) is 3. The first kappa shape index (κ1) is 9.18. The Balaban J connectivity index is 2.29. The number of fused-ring (bicyclic) bond motifs is 1. The molecule has 78 valence electrons. The lowest BCUT2D eigenvalue weighted by Gasteiger charge is -2.26. The summed E-state index contributed by atoms with van der Waals surface area (Å²) in [5, 5.41) is 0. The second-order valence-corrected chi connectivity index (χ2v) is 4.46. The van der Waals surface area contributed by atoms with Crippen LogP contribution in [0.1, 0.15) is 6.04 Å². The van der Waals surface area contributed by atoms with E-state index in [0.29, 0.717) is 18.8 Å². The van der Waals surface area contributed by atoms with Crippen molar-refractivity contribution in [2.24, 2.45) is 0 Å². The Morgan fingerprint density at radius 3 is 2.87 bits per heavy atom. The van der Waals surface area contributed by atoms with E-state index in [2.05, 4.69) is 15.9 Å². The highest BCUT2D eigenvalue weighted by atomic mass is 79.9. The third-order valence-corrected chi connectivity index (χ3v) is 3.05. The van der Waals surface area contributed by atoms with Crippen LogP contribution in [0.25, 0.3) is 11.1 Å². The smallest absolute Gasteiger partial charge is 0.408 e. The van der Waals surface area contributed by atoms with E-state index in [-0.39, 0.29) is 11.8 Å². The first-order valence-corrected chi connectivity index (χ1v) is 5.43. The molecule has 5 heteroatoms. The van der Waals surface area contributed by atoms with Crippen LogP contribution in [0.5, 0.6) is 0 Å². The molecule has 0 bridgehead atoms. The fourth-order valence-corrected chi connectivity index (χ4v) is 2.07. The summed E-state index contributed by atoms with van der Waals surface area (Å²) in [7, 11) is 0. The van der Waals surface area contributed by atoms with Gasteiger partial charge in [0.1, 0.15) is 0 Å². The van der Waals surface area contributed by atoms with E-state index >= 15 is 0 Å². The second kappa shape index (κ2) is 3.21. The first-order chi connectivity index (χ1) is 7.25. The Kier molecular flexibility index (Phi) is 1.97. The minimum absolute atomic E-state index is 0.119. The van der Waals surface area contributed by atoms with Crippen LogP contribution in [0.2, 0.25) is 0 Å². The second-order valence-electron chi connectivity index (χ2n) is 3.54. The topological polar surface area (TPSA) is 44.4 Å². The third-order valence-electron chi connectivity index (χ3n) is 2.56. The molecule has 0 radical (unpaired) electrons. The molecule has 1 saturated heterocycles. The minimum Gasteiger partial charge on any atom is -0.408 e. The van der Waals surface area contributed by atoms with Gasteiger partial charge in [0.25, 0.3) is 0 Å². The van der Waals surface area contributed by atoms with E-state index < -0.39 is 0 Å². The van der Waals surface area contributed by atoms with Crippen LogP contribution >= 0.6 is 15.9 Å². The molecular formula is C10H8BrNO3. The molecule has 0 unspecified atom stereocenters. The Morgan fingerprint density at radius 1 is 1.40 bits per heavy atom. The fraction of sp³-hybridized carbons (Fsp3) is 0.300. The molecule has 1 aromatic carbocycles. The van der Waals surface area contributed by atoms with Crippen LogP contribution in [0.4, 0.5) is 0 Å². The van der Waals surface area contributed by atoms with E-state index in [1.807, 2.05) is 12.1 Å². The molecule has 1 aliphatic rings. The number of oxazole rings is 1. The number of benzene rings is 1. The molecule has 2 heterocycles. The van der Waals surface area contributed by atoms with Gasteiger partial charge in [-0.3, -0.25) is 4.57 Å². The minimum atomic E-state index is -0.309. The molecule has 4 nitrogen and oxygen atoms in total. The predicted molar refractivity (Wildman–Crippen MR) is 58.0 cm³/mol. The lowest BCUT2D eigenvalue weighted by molar-refractivity contribution is -0.0242. The van der Waals surface area contributed by atoms with E-state index in [4.69, 9.17) is 9.15 Å². The zero-order chi connectivity index (χ0) is 10.4. The lowest BCUT2D eigenvalue weighted by atomic mass is 10.2. The molecule has 1 aliphatic heterocycles. The molecule has 0 amide bonds. The molecular weight excluding hydrogens is 262 g/mol. The van der Waals surface area contributed by atoms with Crippen LogP contribution in [0.3, 0.4) is 0 Å².